The number of aryl methyl sites for hydroxylation is 1. The van der Waals surface area contributed by atoms with Crippen LogP contribution in [0.4, 0.5) is 0 Å². The molecule has 1 aromatic heterocycles. The molecule has 78 valence electrons. The Morgan fingerprint density at radius 2 is 2.50 bits per heavy atom. The summed E-state index contributed by atoms with van der Waals surface area (Å²) in [5, 5.41) is 6.49. The summed E-state index contributed by atoms with van der Waals surface area (Å²) in [6.45, 7) is 4.19. The van der Waals surface area contributed by atoms with Gasteiger partial charge < -0.3 is 10.1 Å². The molecule has 1 atom stereocenters. The van der Waals surface area contributed by atoms with Gasteiger partial charge in [-0.05, 0) is 53.2 Å². The van der Waals surface area contributed by atoms with Gasteiger partial charge in [0, 0.05) is 6.54 Å². The van der Waals surface area contributed by atoms with Crippen molar-refractivity contribution in [2.45, 2.75) is 25.9 Å². The first-order valence-corrected chi connectivity index (χ1v) is 6.55. The summed E-state index contributed by atoms with van der Waals surface area (Å²) in [7, 11) is 0. The van der Waals surface area contributed by atoms with E-state index in [4.69, 9.17) is 4.74 Å². The van der Waals surface area contributed by atoms with Gasteiger partial charge in [-0.15, -0.1) is 11.3 Å². The standard InChI is InChI=1S/C10H14BrNOS/c1-7-6-14-10(9(7)11)13-8-3-2-4-12-5-8/h6,8,12H,2-5H2,1H3. The first kappa shape index (κ1) is 10.5. The van der Waals surface area contributed by atoms with Crippen LogP contribution in [-0.2, 0) is 0 Å². The van der Waals surface area contributed by atoms with Crippen LogP contribution in [0.5, 0.6) is 5.06 Å². The molecule has 1 fully saturated rings. The molecule has 0 aliphatic carbocycles. The molecule has 0 spiro atoms. The van der Waals surface area contributed by atoms with Gasteiger partial charge in [0.1, 0.15) is 6.10 Å². The summed E-state index contributed by atoms with van der Waals surface area (Å²) in [6, 6.07) is 0. The van der Waals surface area contributed by atoms with Crippen LogP contribution in [0, 0.1) is 6.92 Å². The van der Waals surface area contributed by atoms with Crippen molar-refractivity contribution in [3.8, 4) is 5.06 Å². The van der Waals surface area contributed by atoms with Crippen molar-refractivity contribution >= 4 is 27.3 Å². The van der Waals surface area contributed by atoms with E-state index in [0.717, 1.165) is 29.0 Å². The molecule has 2 heterocycles. The topological polar surface area (TPSA) is 21.3 Å². The van der Waals surface area contributed by atoms with Crippen LogP contribution in [0.3, 0.4) is 0 Å². The van der Waals surface area contributed by atoms with Gasteiger partial charge in [-0.3, -0.25) is 0 Å². The van der Waals surface area contributed by atoms with E-state index >= 15 is 0 Å². The van der Waals surface area contributed by atoms with Crippen molar-refractivity contribution in [1.29, 1.82) is 0 Å². The molecule has 0 aromatic carbocycles. The zero-order valence-corrected chi connectivity index (χ0v) is 10.6. The van der Waals surface area contributed by atoms with Crippen LogP contribution in [0.1, 0.15) is 18.4 Å². The molecule has 4 heteroatoms. The molecule has 0 bridgehead atoms. The number of hydrogen-bond donors (Lipinski definition) is 1. The highest BCUT2D eigenvalue weighted by atomic mass is 79.9. The van der Waals surface area contributed by atoms with E-state index in [9.17, 15) is 0 Å². The average molecular weight is 276 g/mol. The number of rotatable bonds is 2. The normalized spacial score (nSPS) is 22.3. The molecule has 1 aromatic rings. The third-order valence-corrected chi connectivity index (χ3v) is 4.63. The Hall–Kier alpha value is -0.0600. The number of piperidine rings is 1. The fourth-order valence-electron chi connectivity index (χ4n) is 1.56. The van der Waals surface area contributed by atoms with Gasteiger partial charge in [-0.2, -0.15) is 0 Å². The van der Waals surface area contributed by atoms with Crippen LogP contribution < -0.4 is 10.1 Å². The van der Waals surface area contributed by atoms with Gasteiger partial charge in [-0.25, -0.2) is 0 Å². The minimum atomic E-state index is 0.345. The summed E-state index contributed by atoms with van der Waals surface area (Å²) < 4.78 is 7.03. The maximum Gasteiger partial charge on any atom is 0.188 e. The highest BCUT2D eigenvalue weighted by molar-refractivity contribution is 9.10. The van der Waals surface area contributed by atoms with E-state index in [1.54, 1.807) is 11.3 Å². The maximum absolute atomic E-state index is 5.92. The lowest BCUT2D eigenvalue weighted by Gasteiger charge is -2.23. The Labute approximate surface area is 96.8 Å². The zero-order valence-electron chi connectivity index (χ0n) is 8.18. The van der Waals surface area contributed by atoms with Crippen molar-refractivity contribution in [2.24, 2.45) is 0 Å². The molecule has 2 rings (SSSR count). The molecule has 1 unspecified atom stereocenters. The largest absolute Gasteiger partial charge is 0.478 e. The van der Waals surface area contributed by atoms with E-state index in [2.05, 4.69) is 33.6 Å². The Morgan fingerprint density at radius 3 is 3.07 bits per heavy atom. The Morgan fingerprint density at radius 1 is 1.64 bits per heavy atom. The smallest absolute Gasteiger partial charge is 0.188 e. The van der Waals surface area contributed by atoms with Gasteiger partial charge in [0.25, 0.3) is 0 Å². The molecule has 1 aliphatic rings. The first-order chi connectivity index (χ1) is 6.77. The predicted octanol–water partition coefficient (Wildman–Crippen LogP) is 2.95. The number of nitrogens with one attached hydrogen (secondary N) is 1. The molecule has 0 radical (unpaired) electrons. The van der Waals surface area contributed by atoms with Crippen molar-refractivity contribution in [2.75, 3.05) is 13.1 Å². The Balaban J connectivity index is 1.99. The summed E-state index contributed by atoms with van der Waals surface area (Å²) in [5.41, 5.74) is 1.26. The second kappa shape index (κ2) is 4.64. The molecule has 1 saturated heterocycles. The molecule has 0 saturated carbocycles. The number of ether oxygens (including phenoxy) is 1. The second-order valence-corrected chi connectivity index (χ2v) is 5.24. The van der Waals surface area contributed by atoms with E-state index in [1.165, 1.54) is 12.0 Å². The van der Waals surface area contributed by atoms with E-state index in [0.29, 0.717) is 6.10 Å². The number of halogens is 1. The lowest BCUT2D eigenvalue weighted by molar-refractivity contribution is 0.171. The molecule has 1 aliphatic heterocycles. The lowest BCUT2D eigenvalue weighted by Crippen LogP contribution is -2.37. The molecule has 14 heavy (non-hydrogen) atoms. The van der Waals surface area contributed by atoms with Gasteiger partial charge in [0.05, 0.1) is 4.47 Å². The molecular weight excluding hydrogens is 262 g/mol. The van der Waals surface area contributed by atoms with Crippen molar-refractivity contribution in [1.82, 2.24) is 5.32 Å². The Kier molecular flexibility index (Phi) is 3.47. The van der Waals surface area contributed by atoms with Crippen LogP contribution in [0.25, 0.3) is 0 Å². The summed E-state index contributed by atoms with van der Waals surface area (Å²) in [5.74, 6) is 0. The molecular formula is C10H14BrNOS. The van der Waals surface area contributed by atoms with Crippen molar-refractivity contribution < 1.29 is 4.74 Å². The van der Waals surface area contributed by atoms with Gasteiger partial charge in [0.2, 0.25) is 0 Å². The van der Waals surface area contributed by atoms with Crippen LogP contribution in [0.15, 0.2) is 9.85 Å². The molecule has 0 amide bonds. The Bertz CT molecular complexity index is 307. The van der Waals surface area contributed by atoms with E-state index < -0.39 is 0 Å². The van der Waals surface area contributed by atoms with E-state index in [-0.39, 0.29) is 0 Å². The number of hydrogen-bond acceptors (Lipinski definition) is 3. The molecule has 1 N–H and O–H groups in total. The van der Waals surface area contributed by atoms with Crippen LogP contribution in [0.2, 0.25) is 0 Å². The third-order valence-electron chi connectivity index (χ3n) is 2.39. The summed E-state index contributed by atoms with van der Waals surface area (Å²) >= 11 is 5.21. The highest BCUT2D eigenvalue weighted by Crippen LogP contribution is 2.36. The van der Waals surface area contributed by atoms with Crippen molar-refractivity contribution in [3.05, 3.63) is 15.4 Å². The van der Waals surface area contributed by atoms with Gasteiger partial charge >= 0.3 is 0 Å². The zero-order chi connectivity index (χ0) is 9.97. The minimum absolute atomic E-state index is 0.345. The van der Waals surface area contributed by atoms with Crippen molar-refractivity contribution in [3.63, 3.8) is 0 Å². The monoisotopic (exact) mass is 275 g/mol. The number of thiophene rings is 1. The average Bonchev–Trinajstić information content (AvgIpc) is 2.52. The summed E-state index contributed by atoms with van der Waals surface area (Å²) in [4.78, 5) is 0. The highest BCUT2D eigenvalue weighted by Gasteiger charge is 2.17. The minimum Gasteiger partial charge on any atom is -0.478 e. The van der Waals surface area contributed by atoms with Gasteiger partial charge in [0.15, 0.2) is 5.06 Å². The van der Waals surface area contributed by atoms with Gasteiger partial charge in [-0.1, -0.05) is 0 Å². The first-order valence-electron chi connectivity index (χ1n) is 4.88. The quantitative estimate of drug-likeness (QED) is 0.896. The fraction of sp³-hybridized carbons (Fsp3) is 0.600. The molecule has 2 nitrogen and oxygen atoms in total. The van der Waals surface area contributed by atoms with Crippen LogP contribution >= 0.6 is 27.3 Å². The maximum atomic E-state index is 5.92. The SMILES string of the molecule is Cc1csc(OC2CCCNC2)c1Br. The van der Waals surface area contributed by atoms with E-state index in [1.807, 2.05) is 0 Å². The third kappa shape index (κ3) is 2.30. The summed E-state index contributed by atoms with van der Waals surface area (Å²) in [6.07, 6.45) is 2.72. The predicted molar refractivity (Wildman–Crippen MR) is 63.3 cm³/mol. The second-order valence-electron chi connectivity index (χ2n) is 3.61. The van der Waals surface area contributed by atoms with Crippen LogP contribution in [-0.4, -0.2) is 19.2 Å². The fourth-order valence-corrected chi connectivity index (χ4v) is 3.06. The lowest BCUT2D eigenvalue weighted by atomic mass is 10.1.